The number of rotatable bonds is 10. The van der Waals surface area contributed by atoms with Gasteiger partial charge in [0.1, 0.15) is 0 Å². The Morgan fingerprint density at radius 3 is 2.78 bits per heavy atom. The molecular formula is C16H24FNO4S. The lowest BCUT2D eigenvalue weighted by molar-refractivity contribution is 0.284. The first-order valence-corrected chi connectivity index (χ1v) is 9.63. The molecule has 1 aromatic carbocycles. The first-order valence-electron chi connectivity index (χ1n) is 7.98. The van der Waals surface area contributed by atoms with Gasteiger partial charge in [-0.15, -0.1) is 0 Å². The highest BCUT2D eigenvalue weighted by Crippen LogP contribution is 2.31. The molecule has 0 aliphatic heterocycles. The van der Waals surface area contributed by atoms with Gasteiger partial charge >= 0.3 is 0 Å². The van der Waals surface area contributed by atoms with Gasteiger partial charge in [0.05, 0.1) is 12.4 Å². The van der Waals surface area contributed by atoms with E-state index in [9.17, 15) is 12.8 Å². The Balaban J connectivity index is 2.08. The number of aliphatic hydroxyl groups is 1. The third kappa shape index (κ3) is 5.75. The summed E-state index contributed by atoms with van der Waals surface area (Å²) < 4.78 is 45.9. The van der Waals surface area contributed by atoms with Crippen LogP contribution in [0.15, 0.2) is 18.2 Å². The van der Waals surface area contributed by atoms with E-state index in [0.29, 0.717) is 24.5 Å². The molecule has 0 amide bonds. The summed E-state index contributed by atoms with van der Waals surface area (Å²) >= 11 is 0. The number of nitrogens with one attached hydrogen (secondary N) is 1. The van der Waals surface area contributed by atoms with Gasteiger partial charge in [0.2, 0.25) is 10.0 Å². The van der Waals surface area contributed by atoms with Gasteiger partial charge in [0.25, 0.3) is 0 Å². The third-order valence-electron chi connectivity index (χ3n) is 3.83. The van der Waals surface area contributed by atoms with E-state index in [-0.39, 0.29) is 24.5 Å². The molecule has 1 aliphatic rings. The Labute approximate surface area is 136 Å². The molecule has 130 valence electrons. The van der Waals surface area contributed by atoms with E-state index in [1.165, 1.54) is 6.07 Å². The van der Waals surface area contributed by atoms with Crippen molar-refractivity contribution in [2.45, 2.75) is 38.6 Å². The molecule has 0 spiro atoms. The van der Waals surface area contributed by atoms with Gasteiger partial charge in [-0.05, 0) is 49.3 Å². The van der Waals surface area contributed by atoms with E-state index < -0.39 is 21.9 Å². The highest BCUT2D eigenvalue weighted by Gasteiger charge is 2.23. The molecule has 1 aliphatic carbocycles. The molecule has 0 saturated heterocycles. The first kappa shape index (κ1) is 18.2. The fourth-order valence-corrected chi connectivity index (χ4v) is 3.62. The molecule has 1 unspecified atom stereocenters. The maximum atomic E-state index is 13.8. The second kappa shape index (κ2) is 8.08. The van der Waals surface area contributed by atoms with Crippen molar-refractivity contribution in [2.24, 2.45) is 5.92 Å². The summed E-state index contributed by atoms with van der Waals surface area (Å²) in [4.78, 5) is 0. The summed E-state index contributed by atoms with van der Waals surface area (Å²) in [5.74, 6) is 0.110. The summed E-state index contributed by atoms with van der Waals surface area (Å²) in [5.41, 5.74) is 0.673. The zero-order valence-electron chi connectivity index (χ0n) is 13.3. The highest BCUT2D eigenvalue weighted by molar-refractivity contribution is 7.89. The second-order valence-electron chi connectivity index (χ2n) is 5.92. The van der Waals surface area contributed by atoms with Gasteiger partial charge in [-0.2, -0.15) is 0 Å². The van der Waals surface area contributed by atoms with Crippen molar-refractivity contribution in [2.75, 3.05) is 19.0 Å². The highest BCUT2D eigenvalue weighted by atomic mass is 32.2. The predicted molar refractivity (Wildman–Crippen MR) is 86.3 cm³/mol. The van der Waals surface area contributed by atoms with E-state index >= 15 is 0 Å². The molecule has 0 aromatic heterocycles. The smallest absolute Gasteiger partial charge is 0.212 e. The predicted octanol–water partition coefficient (Wildman–Crippen LogP) is 2.37. The van der Waals surface area contributed by atoms with Crippen LogP contribution in [-0.2, 0) is 10.0 Å². The Hall–Kier alpha value is -1.18. The van der Waals surface area contributed by atoms with Crippen LogP contribution in [0.2, 0.25) is 0 Å². The van der Waals surface area contributed by atoms with Gasteiger partial charge < -0.3 is 9.84 Å². The molecule has 5 nitrogen and oxygen atoms in total. The van der Waals surface area contributed by atoms with Crippen LogP contribution >= 0.6 is 0 Å². The van der Waals surface area contributed by atoms with Gasteiger partial charge in [0.15, 0.2) is 11.6 Å². The molecule has 7 heteroatoms. The van der Waals surface area contributed by atoms with Crippen molar-refractivity contribution in [1.29, 1.82) is 0 Å². The second-order valence-corrected chi connectivity index (χ2v) is 7.79. The molecule has 2 N–H and O–H groups in total. The van der Waals surface area contributed by atoms with Crippen LogP contribution in [-0.4, -0.2) is 32.5 Å². The minimum absolute atomic E-state index is 0.133. The minimum Gasteiger partial charge on any atom is -0.490 e. The van der Waals surface area contributed by atoms with E-state index in [1.807, 2.05) is 6.92 Å². The Morgan fingerprint density at radius 1 is 1.43 bits per heavy atom. The van der Waals surface area contributed by atoms with Crippen molar-refractivity contribution >= 4 is 10.0 Å². The van der Waals surface area contributed by atoms with Crippen molar-refractivity contribution < 1.29 is 22.7 Å². The monoisotopic (exact) mass is 345 g/mol. The number of hydrogen-bond acceptors (Lipinski definition) is 4. The standard InChI is InChI=1S/C16H24FNO4S/c1-2-15(18-23(20,21)9-3-8-19)13-6-7-14(17)16(10-13)22-11-12-4-5-12/h6-7,10,12,15,18-19H,2-5,8-9,11H2,1H3. The normalized spacial score (nSPS) is 16.3. The SMILES string of the molecule is CCC(NS(=O)(=O)CCCO)c1ccc(F)c(OCC2CC2)c1. The van der Waals surface area contributed by atoms with Crippen LogP contribution in [0.3, 0.4) is 0 Å². The molecule has 1 fully saturated rings. The van der Waals surface area contributed by atoms with Crippen LogP contribution in [0.25, 0.3) is 0 Å². The van der Waals surface area contributed by atoms with Gasteiger partial charge in [-0.1, -0.05) is 13.0 Å². The molecule has 0 radical (unpaired) electrons. The molecule has 1 saturated carbocycles. The van der Waals surface area contributed by atoms with Crippen LogP contribution in [0.1, 0.15) is 44.2 Å². The molecule has 2 rings (SSSR count). The first-order chi connectivity index (χ1) is 10.9. The van der Waals surface area contributed by atoms with Gasteiger partial charge in [-0.25, -0.2) is 17.5 Å². The number of benzene rings is 1. The topological polar surface area (TPSA) is 75.6 Å². The Morgan fingerprint density at radius 2 is 2.17 bits per heavy atom. The average Bonchev–Trinajstić information content (AvgIpc) is 3.34. The van der Waals surface area contributed by atoms with Crippen LogP contribution in [0, 0.1) is 11.7 Å². The summed E-state index contributed by atoms with van der Waals surface area (Å²) in [6.45, 7) is 2.18. The molecule has 1 atom stereocenters. The van der Waals surface area contributed by atoms with Crippen molar-refractivity contribution in [1.82, 2.24) is 4.72 Å². The third-order valence-corrected chi connectivity index (χ3v) is 5.30. The zero-order chi connectivity index (χ0) is 16.9. The average molecular weight is 345 g/mol. The number of hydrogen-bond donors (Lipinski definition) is 2. The summed E-state index contributed by atoms with van der Waals surface area (Å²) in [7, 11) is -3.49. The largest absolute Gasteiger partial charge is 0.490 e. The number of halogens is 1. The number of aliphatic hydroxyl groups excluding tert-OH is 1. The fraction of sp³-hybridized carbons (Fsp3) is 0.625. The molecule has 0 heterocycles. The van der Waals surface area contributed by atoms with Gasteiger partial charge in [0, 0.05) is 12.6 Å². The lowest BCUT2D eigenvalue weighted by atomic mass is 10.1. The van der Waals surface area contributed by atoms with E-state index in [2.05, 4.69) is 4.72 Å². The van der Waals surface area contributed by atoms with E-state index in [1.54, 1.807) is 12.1 Å². The summed E-state index contributed by atoms with van der Waals surface area (Å²) in [5, 5.41) is 8.76. The minimum atomic E-state index is -3.49. The number of sulfonamides is 1. The maximum absolute atomic E-state index is 13.8. The van der Waals surface area contributed by atoms with Crippen LogP contribution < -0.4 is 9.46 Å². The lowest BCUT2D eigenvalue weighted by Gasteiger charge is -2.18. The zero-order valence-corrected chi connectivity index (χ0v) is 14.1. The lowest BCUT2D eigenvalue weighted by Crippen LogP contribution is -2.30. The molecular weight excluding hydrogens is 321 g/mol. The van der Waals surface area contributed by atoms with Crippen molar-refractivity contribution in [3.63, 3.8) is 0 Å². The summed E-state index contributed by atoms with van der Waals surface area (Å²) in [6, 6.07) is 4.01. The molecule has 0 bridgehead atoms. The molecule has 1 aromatic rings. The fourth-order valence-electron chi connectivity index (χ4n) is 2.26. The Kier molecular flexibility index (Phi) is 6.38. The van der Waals surface area contributed by atoms with E-state index in [4.69, 9.17) is 9.84 Å². The number of ether oxygens (including phenoxy) is 1. The van der Waals surface area contributed by atoms with Crippen molar-refractivity contribution in [3.05, 3.63) is 29.6 Å². The van der Waals surface area contributed by atoms with Gasteiger partial charge in [-0.3, -0.25) is 0 Å². The maximum Gasteiger partial charge on any atom is 0.212 e. The Bertz CT molecular complexity index is 617. The molecule has 23 heavy (non-hydrogen) atoms. The quantitative estimate of drug-likeness (QED) is 0.683. The van der Waals surface area contributed by atoms with E-state index in [0.717, 1.165) is 12.8 Å². The van der Waals surface area contributed by atoms with Crippen LogP contribution in [0.4, 0.5) is 4.39 Å². The summed E-state index contributed by atoms with van der Waals surface area (Å²) in [6.07, 6.45) is 2.95. The van der Waals surface area contributed by atoms with Crippen LogP contribution in [0.5, 0.6) is 5.75 Å². The van der Waals surface area contributed by atoms with Crippen molar-refractivity contribution in [3.8, 4) is 5.75 Å².